The molecule has 2 aliphatic heterocycles. The number of hydrogen-bond donors (Lipinski definition) is 1. The monoisotopic (exact) mass is 435 g/mol. The van der Waals surface area contributed by atoms with E-state index >= 15 is 0 Å². The Bertz CT molecular complexity index is 1240. The highest BCUT2D eigenvalue weighted by molar-refractivity contribution is 5.93. The van der Waals surface area contributed by atoms with Crippen molar-refractivity contribution in [2.75, 3.05) is 31.7 Å². The first kappa shape index (κ1) is 19.9. The van der Waals surface area contributed by atoms with Gasteiger partial charge in [-0.05, 0) is 43.3 Å². The van der Waals surface area contributed by atoms with Crippen LogP contribution in [0.1, 0.15) is 13.0 Å². The average Bonchev–Trinajstić information content (AvgIpc) is 2.83. The standard InChI is InChI=1S/C23H21N3O6/c1-14(23(28)24-16-3-6-19-21(13-16)32-11-9-30-19)26-22(27)7-4-17(25-26)15-2-5-18-20(12-15)31-10-8-29-18/h2-7,12-14H,8-11H2,1H3,(H,24,28)/t14-/m0/s1. The molecule has 5 rings (SSSR count). The number of anilines is 1. The molecule has 1 amide bonds. The first-order valence-corrected chi connectivity index (χ1v) is 10.3. The summed E-state index contributed by atoms with van der Waals surface area (Å²) in [7, 11) is 0. The van der Waals surface area contributed by atoms with Gasteiger partial charge in [0.15, 0.2) is 23.0 Å². The fourth-order valence-corrected chi connectivity index (χ4v) is 3.54. The van der Waals surface area contributed by atoms with Gasteiger partial charge >= 0.3 is 0 Å². The van der Waals surface area contributed by atoms with Crippen LogP contribution < -0.4 is 29.8 Å². The molecule has 164 valence electrons. The number of nitrogens with zero attached hydrogens (tertiary/aromatic N) is 2. The number of ether oxygens (including phenoxy) is 4. The van der Waals surface area contributed by atoms with Crippen LogP contribution >= 0.6 is 0 Å². The van der Waals surface area contributed by atoms with Gasteiger partial charge in [-0.15, -0.1) is 0 Å². The Kier molecular flexibility index (Phi) is 5.14. The van der Waals surface area contributed by atoms with Gasteiger partial charge in [0.1, 0.15) is 32.5 Å². The van der Waals surface area contributed by atoms with Gasteiger partial charge in [0.25, 0.3) is 5.56 Å². The van der Waals surface area contributed by atoms with Crippen molar-refractivity contribution in [3.05, 3.63) is 58.9 Å². The van der Waals surface area contributed by atoms with Gasteiger partial charge in [-0.1, -0.05) is 0 Å². The highest BCUT2D eigenvalue weighted by Crippen LogP contribution is 2.34. The van der Waals surface area contributed by atoms with Crippen LogP contribution in [0.15, 0.2) is 53.3 Å². The van der Waals surface area contributed by atoms with Crippen molar-refractivity contribution < 1.29 is 23.7 Å². The molecule has 2 aromatic carbocycles. The van der Waals surface area contributed by atoms with Crippen LogP contribution in [-0.4, -0.2) is 42.1 Å². The third-order valence-corrected chi connectivity index (χ3v) is 5.22. The molecule has 0 spiro atoms. The minimum atomic E-state index is -0.840. The second-order valence-corrected chi connectivity index (χ2v) is 7.38. The van der Waals surface area contributed by atoms with E-state index in [9.17, 15) is 9.59 Å². The summed E-state index contributed by atoms with van der Waals surface area (Å²) in [5, 5.41) is 7.23. The Labute approximate surface area is 183 Å². The van der Waals surface area contributed by atoms with Gasteiger partial charge in [-0.3, -0.25) is 9.59 Å². The quantitative estimate of drug-likeness (QED) is 0.672. The van der Waals surface area contributed by atoms with E-state index in [1.54, 1.807) is 37.3 Å². The van der Waals surface area contributed by atoms with Crippen LogP contribution in [0, 0.1) is 0 Å². The Morgan fingerprint density at radius 1 is 0.875 bits per heavy atom. The Morgan fingerprint density at radius 2 is 1.50 bits per heavy atom. The molecular weight excluding hydrogens is 414 g/mol. The minimum Gasteiger partial charge on any atom is -0.486 e. The van der Waals surface area contributed by atoms with E-state index < -0.39 is 6.04 Å². The van der Waals surface area contributed by atoms with Crippen LogP contribution in [0.2, 0.25) is 0 Å². The topological polar surface area (TPSA) is 101 Å². The van der Waals surface area contributed by atoms with Gasteiger partial charge in [-0.25, -0.2) is 4.68 Å². The van der Waals surface area contributed by atoms with Crippen LogP contribution in [0.5, 0.6) is 23.0 Å². The molecule has 0 saturated heterocycles. The van der Waals surface area contributed by atoms with Crippen molar-refractivity contribution in [2.45, 2.75) is 13.0 Å². The van der Waals surface area contributed by atoms with Crippen molar-refractivity contribution in [2.24, 2.45) is 0 Å². The third-order valence-electron chi connectivity index (χ3n) is 5.22. The Hall–Kier alpha value is -4.01. The van der Waals surface area contributed by atoms with Crippen molar-refractivity contribution in [1.29, 1.82) is 0 Å². The number of aromatic nitrogens is 2. The lowest BCUT2D eigenvalue weighted by Crippen LogP contribution is -2.33. The lowest BCUT2D eigenvalue weighted by Gasteiger charge is -2.20. The van der Waals surface area contributed by atoms with E-state index in [1.165, 1.54) is 10.7 Å². The third kappa shape index (κ3) is 3.84. The molecule has 1 N–H and O–H groups in total. The largest absolute Gasteiger partial charge is 0.486 e. The number of nitrogens with one attached hydrogen (secondary N) is 1. The molecule has 0 saturated carbocycles. The summed E-state index contributed by atoms with van der Waals surface area (Å²) in [5.41, 5.74) is 1.46. The number of carbonyl (C=O) groups excluding carboxylic acids is 1. The summed E-state index contributed by atoms with van der Waals surface area (Å²) < 4.78 is 23.4. The molecule has 3 heterocycles. The zero-order chi connectivity index (χ0) is 22.1. The highest BCUT2D eigenvalue weighted by Gasteiger charge is 2.20. The first-order chi connectivity index (χ1) is 15.6. The summed E-state index contributed by atoms with van der Waals surface area (Å²) in [5.74, 6) is 2.11. The van der Waals surface area contributed by atoms with Gasteiger partial charge < -0.3 is 24.3 Å². The molecule has 1 aromatic heterocycles. The fourth-order valence-electron chi connectivity index (χ4n) is 3.54. The van der Waals surface area contributed by atoms with E-state index in [1.807, 2.05) is 12.1 Å². The maximum absolute atomic E-state index is 12.9. The van der Waals surface area contributed by atoms with Crippen molar-refractivity contribution >= 4 is 11.6 Å². The summed E-state index contributed by atoms with van der Waals surface area (Å²) in [4.78, 5) is 25.3. The maximum atomic E-state index is 12.9. The van der Waals surface area contributed by atoms with Gasteiger partial charge in [0.2, 0.25) is 5.91 Å². The Balaban J connectivity index is 1.38. The van der Waals surface area contributed by atoms with Gasteiger partial charge in [-0.2, -0.15) is 5.10 Å². The van der Waals surface area contributed by atoms with Crippen LogP contribution in [0.3, 0.4) is 0 Å². The molecule has 0 unspecified atom stereocenters. The van der Waals surface area contributed by atoms with E-state index in [-0.39, 0.29) is 11.5 Å². The molecule has 32 heavy (non-hydrogen) atoms. The average molecular weight is 435 g/mol. The predicted octanol–water partition coefficient (Wildman–Crippen LogP) is 2.65. The second-order valence-electron chi connectivity index (χ2n) is 7.38. The number of amides is 1. The molecule has 2 aliphatic rings. The van der Waals surface area contributed by atoms with Crippen molar-refractivity contribution in [1.82, 2.24) is 9.78 Å². The van der Waals surface area contributed by atoms with Crippen LogP contribution in [0.25, 0.3) is 11.3 Å². The smallest absolute Gasteiger partial charge is 0.267 e. The number of benzene rings is 2. The molecule has 1 atom stereocenters. The van der Waals surface area contributed by atoms with E-state index in [2.05, 4.69) is 10.4 Å². The molecule has 0 bridgehead atoms. The maximum Gasteiger partial charge on any atom is 0.267 e. The summed E-state index contributed by atoms with van der Waals surface area (Å²) in [6.45, 7) is 3.54. The lowest BCUT2D eigenvalue weighted by atomic mass is 10.1. The summed E-state index contributed by atoms with van der Waals surface area (Å²) in [6, 6.07) is 12.8. The van der Waals surface area contributed by atoms with Crippen molar-refractivity contribution in [3.63, 3.8) is 0 Å². The zero-order valence-corrected chi connectivity index (χ0v) is 17.4. The number of rotatable bonds is 4. The van der Waals surface area contributed by atoms with Gasteiger partial charge in [0.05, 0.1) is 5.69 Å². The second kappa shape index (κ2) is 8.26. The number of carbonyl (C=O) groups is 1. The molecular formula is C23H21N3O6. The lowest BCUT2D eigenvalue weighted by molar-refractivity contribution is -0.119. The normalized spacial score (nSPS) is 15.0. The summed E-state index contributed by atoms with van der Waals surface area (Å²) >= 11 is 0. The van der Waals surface area contributed by atoms with E-state index in [0.717, 1.165) is 5.56 Å². The van der Waals surface area contributed by atoms with Crippen LogP contribution in [-0.2, 0) is 4.79 Å². The SMILES string of the molecule is C[C@@H](C(=O)Nc1ccc2c(c1)OCCO2)n1nc(-c2ccc3c(c2)OCCO3)ccc1=O. The molecule has 9 heteroatoms. The number of hydrogen-bond acceptors (Lipinski definition) is 7. The van der Waals surface area contributed by atoms with E-state index in [4.69, 9.17) is 18.9 Å². The molecule has 0 aliphatic carbocycles. The van der Waals surface area contributed by atoms with Crippen LogP contribution in [0.4, 0.5) is 5.69 Å². The molecule has 0 fully saturated rings. The Morgan fingerprint density at radius 3 is 2.22 bits per heavy atom. The van der Waals surface area contributed by atoms with Crippen molar-refractivity contribution in [3.8, 4) is 34.3 Å². The number of fused-ring (bicyclic) bond motifs is 2. The zero-order valence-electron chi connectivity index (χ0n) is 17.4. The highest BCUT2D eigenvalue weighted by atomic mass is 16.6. The predicted molar refractivity (Wildman–Crippen MR) is 116 cm³/mol. The minimum absolute atomic E-state index is 0.379. The molecule has 3 aromatic rings. The molecule has 0 radical (unpaired) electrons. The van der Waals surface area contributed by atoms with Gasteiger partial charge in [0, 0.05) is 23.4 Å². The summed E-state index contributed by atoms with van der Waals surface area (Å²) in [6.07, 6.45) is 0. The van der Waals surface area contributed by atoms with E-state index in [0.29, 0.717) is 60.8 Å². The first-order valence-electron chi connectivity index (χ1n) is 10.3. The fraction of sp³-hybridized carbons (Fsp3) is 0.261. The molecule has 9 nitrogen and oxygen atoms in total.